The Bertz CT molecular complexity index is 862. The second kappa shape index (κ2) is 12.1. The van der Waals surface area contributed by atoms with Gasteiger partial charge in [-0.2, -0.15) is 0 Å². The van der Waals surface area contributed by atoms with Crippen molar-refractivity contribution in [3.8, 4) is 5.75 Å². The summed E-state index contributed by atoms with van der Waals surface area (Å²) in [5.41, 5.74) is 1.15. The highest BCUT2D eigenvalue weighted by atomic mass is 19.1. The van der Waals surface area contributed by atoms with Gasteiger partial charge in [0.25, 0.3) is 0 Å². The summed E-state index contributed by atoms with van der Waals surface area (Å²) in [6.07, 6.45) is 6.12. The van der Waals surface area contributed by atoms with E-state index < -0.39 is 0 Å². The van der Waals surface area contributed by atoms with Crippen LogP contribution in [0.5, 0.6) is 5.75 Å². The average molecular weight is 457 g/mol. The quantitative estimate of drug-likeness (QED) is 0.525. The number of ether oxygens (including phenoxy) is 2. The van der Waals surface area contributed by atoms with Crippen LogP contribution in [0.2, 0.25) is 0 Å². The normalized spacial score (nSPS) is 20.2. The van der Waals surface area contributed by atoms with Crippen LogP contribution in [0, 0.1) is 5.82 Å². The van der Waals surface area contributed by atoms with Crippen molar-refractivity contribution >= 4 is 5.91 Å². The monoisotopic (exact) mass is 456 g/mol. The third kappa shape index (κ3) is 6.72. The van der Waals surface area contributed by atoms with E-state index >= 15 is 0 Å². The number of benzene rings is 1. The molecule has 2 saturated heterocycles. The van der Waals surface area contributed by atoms with Crippen LogP contribution in [0.4, 0.5) is 4.39 Å². The van der Waals surface area contributed by atoms with E-state index in [0.717, 1.165) is 51.3 Å². The van der Waals surface area contributed by atoms with E-state index in [0.29, 0.717) is 31.9 Å². The van der Waals surface area contributed by atoms with Crippen molar-refractivity contribution in [1.82, 2.24) is 20.1 Å². The zero-order valence-electron chi connectivity index (χ0n) is 19.0. The number of carbonyl (C=O) groups excluding carboxylic acids is 1. The molecule has 178 valence electrons. The molecule has 7 nitrogen and oxygen atoms in total. The van der Waals surface area contributed by atoms with Gasteiger partial charge in [-0.3, -0.25) is 14.7 Å². The standard InChI is InChI=1S/C25H33FN4O3/c26-21-3-6-23(7-4-21)33-15-12-27-11-9-22-5-8-25(31)30(22)19-24(20-2-1-10-28-18-20)29-13-16-32-17-14-29/h1-4,6-7,10,18,22,24,27H,5,8-9,11-17,19H2/t22-,24+/m1/s1. The zero-order valence-corrected chi connectivity index (χ0v) is 19.0. The first-order valence-electron chi connectivity index (χ1n) is 11.8. The Morgan fingerprint density at radius 1 is 1.18 bits per heavy atom. The molecule has 4 rings (SSSR count). The summed E-state index contributed by atoms with van der Waals surface area (Å²) in [5, 5.41) is 3.40. The molecule has 2 fully saturated rings. The zero-order chi connectivity index (χ0) is 22.9. The van der Waals surface area contributed by atoms with Gasteiger partial charge in [0, 0.05) is 51.0 Å². The maximum atomic E-state index is 13.0. The number of nitrogens with one attached hydrogen (secondary N) is 1. The maximum absolute atomic E-state index is 13.0. The topological polar surface area (TPSA) is 66.9 Å². The predicted molar refractivity (Wildman–Crippen MR) is 123 cm³/mol. The smallest absolute Gasteiger partial charge is 0.222 e. The molecule has 1 aromatic heterocycles. The third-order valence-electron chi connectivity index (χ3n) is 6.39. The molecule has 0 radical (unpaired) electrons. The number of halogens is 1. The van der Waals surface area contributed by atoms with Gasteiger partial charge in [0.05, 0.1) is 19.3 Å². The molecule has 0 spiro atoms. The van der Waals surface area contributed by atoms with Gasteiger partial charge in [-0.05, 0) is 55.3 Å². The Hall–Kier alpha value is -2.55. The molecule has 2 aliphatic rings. The molecule has 2 aromatic rings. The van der Waals surface area contributed by atoms with E-state index in [9.17, 15) is 9.18 Å². The van der Waals surface area contributed by atoms with Gasteiger partial charge in [-0.15, -0.1) is 0 Å². The lowest BCUT2D eigenvalue weighted by atomic mass is 10.0. The third-order valence-corrected chi connectivity index (χ3v) is 6.39. The van der Waals surface area contributed by atoms with Crippen molar-refractivity contribution in [3.05, 3.63) is 60.2 Å². The van der Waals surface area contributed by atoms with Crippen LogP contribution >= 0.6 is 0 Å². The molecular weight excluding hydrogens is 423 g/mol. The predicted octanol–water partition coefficient (Wildman–Crippen LogP) is 2.64. The molecule has 0 bridgehead atoms. The van der Waals surface area contributed by atoms with Gasteiger partial charge in [-0.25, -0.2) is 4.39 Å². The first-order chi connectivity index (χ1) is 16.2. The number of carbonyl (C=O) groups is 1. The molecule has 8 heteroatoms. The van der Waals surface area contributed by atoms with Crippen molar-refractivity contribution in [2.45, 2.75) is 31.3 Å². The SMILES string of the molecule is O=C1CC[C@H](CCNCCOc2ccc(F)cc2)N1C[C@@H](c1cccnc1)N1CCOCC1. The number of hydrogen-bond donors (Lipinski definition) is 1. The lowest BCUT2D eigenvalue weighted by molar-refractivity contribution is -0.130. The summed E-state index contributed by atoms with van der Waals surface area (Å²) in [6.45, 7) is 5.88. The summed E-state index contributed by atoms with van der Waals surface area (Å²) in [4.78, 5) is 21.6. The number of aromatic nitrogens is 1. The van der Waals surface area contributed by atoms with Crippen LogP contribution in [0.1, 0.15) is 30.9 Å². The summed E-state index contributed by atoms with van der Waals surface area (Å²) in [5.74, 6) is 0.632. The summed E-state index contributed by atoms with van der Waals surface area (Å²) >= 11 is 0. The Morgan fingerprint density at radius 3 is 2.76 bits per heavy atom. The molecule has 1 amide bonds. The maximum Gasteiger partial charge on any atom is 0.222 e. The minimum Gasteiger partial charge on any atom is -0.492 e. The number of rotatable bonds is 11. The van der Waals surface area contributed by atoms with E-state index in [1.54, 1.807) is 18.3 Å². The number of pyridine rings is 1. The Kier molecular flexibility index (Phi) is 8.63. The fraction of sp³-hybridized carbons (Fsp3) is 0.520. The van der Waals surface area contributed by atoms with Gasteiger partial charge in [0.1, 0.15) is 18.2 Å². The van der Waals surface area contributed by atoms with E-state index in [1.165, 1.54) is 12.1 Å². The van der Waals surface area contributed by atoms with Crippen LogP contribution in [0.15, 0.2) is 48.8 Å². The fourth-order valence-corrected chi connectivity index (χ4v) is 4.59. The number of morpholine rings is 1. The van der Waals surface area contributed by atoms with Crippen LogP contribution in [0.25, 0.3) is 0 Å². The molecule has 1 aromatic carbocycles. The summed E-state index contributed by atoms with van der Waals surface area (Å²) < 4.78 is 24.1. The average Bonchev–Trinajstić information content (AvgIpc) is 3.20. The van der Waals surface area contributed by atoms with Crippen LogP contribution in [-0.2, 0) is 9.53 Å². The molecule has 33 heavy (non-hydrogen) atoms. The van der Waals surface area contributed by atoms with Crippen LogP contribution in [0.3, 0.4) is 0 Å². The van der Waals surface area contributed by atoms with Crippen LogP contribution in [-0.4, -0.2) is 79.3 Å². The molecule has 0 aliphatic carbocycles. The number of hydrogen-bond acceptors (Lipinski definition) is 6. The Balaban J connectivity index is 1.27. The van der Waals surface area contributed by atoms with Gasteiger partial charge in [0.2, 0.25) is 5.91 Å². The van der Waals surface area contributed by atoms with Crippen molar-refractivity contribution in [2.24, 2.45) is 0 Å². The minimum atomic E-state index is -0.268. The van der Waals surface area contributed by atoms with Crippen molar-refractivity contribution in [3.63, 3.8) is 0 Å². The first-order valence-corrected chi connectivity index (χ1v) is 11.8. The summed E-state index contributed by atoms with van der Waals surface area (Å²) in [6, 6.07) is 10.5. The van der Waals surface area contributed by atoms with Gasteiger partial charge >= 0.3 is 0 Å². The van der Waals surface area contributed by atoms with Crippen molar-refractivity contribution < 1.29 is 18.7 Å². The Labute approximate surface area is 194 Å². The highest BCUT2D eigenvalue weighted by Gasteiger charge is 2.34. The highest BCUT2D eigenvalue weighted by Crippen LogP contribution is 2.28. The van der Waals surface area contributed by atoms with E-state index in [4.69, 9.17) is 9.47 Å². The molecule has 3 heterocycles. The molecular formula is C25H33FN4O3. The van der Waals surface area contributed by atoms with Crippen molar-refractivity contribution in [2.75, 3.05) is 52.5 Å². The van der Waals surface area contributed by atoms with E-state index in [-0.39, 0.29) is 23.8 Å². The fourth-order valence-electron chi connectivity index (χ4n) is 4.59. The molecule has 0 unspecified atom stereocenters. The lowest BCUT2D eigenvalue weighted by Crippen LogP contribution is -2.46. The van der Waals surface area contributed by atoms with E-state index in [2.05, 4.69) is 26.2 Å². The Morgan fingerprint density at radius 2 is 2.00 bits per heavy atom. The first kappa shape index (κ1) is 23.6. The molecule has 0 saturated carbocycles. The van der Waals surface area contributed by atoms with Gasteiger partial charge < -0.3 is 19.7 Å². The summed E-state index contributed by atoms with van der Waals surface area (Å²) in [7, 11) is 0. The molecule has 2 atom stereocenters. The second-order valence-corrected chi connectivity index (χ2v) is 8.53. The second-order valence-electron chi connectivity index (χ2n) is 8.53. The van der Waals surface area contributed by atoms with Gasteiger partial charge in [-0.1, -0.05) is 6.07 Å². The largest absolute Gasteiger partial charge is 0.492 e. The number of nitrogens with zero attached hydrogens (tertiary/aromatic N) is 3. The minimum absolute atomic E-state index is 0.129. The van der Waals surface area contributed by atoms with Gasteiger partial charge in [0.15, 0.2) is 0 Å². The number of likely N-dealkylation sites (tertiary alicyclic amines) is 1. The molecule has 2 aliphatic heterocycles. The van der Waals surface area contributed by atoms with E-state index in [1.807, 2.05) is 12.3 Å². The lowest BCUT2D eigenvalue weighted by Gasteiger charge is -2.38. The van der Waals surface area contributed by atoms with Crippen LogP contribution < -0.4 is 10.1 Å². The van der Waals surface area contributed by atoms with Crippen molar-refractivity contribution in [1.29, 1.82) is 0 Å². The molecule has 1 N–H and O–H groups in total. The number of amides is 1. The highest BCUT2D eigenvalue weighted by molar-refractivity contribution is 5.78.